The summed E-state index contributed by atoms with van der Waals surface area (Å²) in [6.45, 7) is 3.13. The summed E-state index contributed by atoms with van der Waals surface area (Å²) in [5.74, 6) is -0.521. The van der Waals surface area contributed by atoms with Crippen LogP contribution in [0.1, 0.15) is 46.0 Å². The quantitative estimate of drug-likeness (QED) is 0.343. The largest absolute Gasteiger partial charge is 0.491 e. The number of amides is 1. The van der Waals surface area contributed by atoms with Gasteiger partial charge in [0.2, 0.25) is 0 Å². The lowest BCUT2D eigenvalue weighted by Crippen LogP contribution is -2.52. The predicted molar refractivity (Wildman–Crippen MR) is 107 cm³/mol. The first-order valence-corrected chi connectivity index (χ1v) is 9.55. The van der Waals surface area contributed by atoms with Gasteiger partial charge < -0.3 is 25.3 Å². The van der Waals surface area contributed by atoms with Crippen LogP contribution >= 0.6 is 0 Å². The Morgan fingerprint density at radius 1 is 1.41 bits per heavy atom. The predicted octanol–water partition coefficient (Wildman–Crippen LogP) is 2.97. The molecule has 1 aromatic rings. The summed E-state index contributed by atoms with van der Waals surface area (Å²) >= 11 is 0. The fraction of sp³-hybridized carbons (Fsp3) is 0.571. The van der Waals surface area contributed by atoms with Crippen LogP contribution in [0.25, 0.3) is 0 Å². The van der Waals surface area contributed by atoms with Crippen molar-refractivity contribution in [2.75, 3.05) is 13.7 Å². The second-order valence-corrected chi connectivity index (χ2v) is 7.31. The molecule has 0 fully saturated rings. The number of halogens is 1. The number of carbonyl (C=O) groups is 1. The number of ether oxygens (including phenoxy) is 2. The van der Waals surface area contributed by atoms with Crippen LogP contribution in [0.4, 0.5) is 4.39 Å². The minimum absolute atomic E-state index is 0.103. The average molecular weight is 407 g/mol. The third kappa shape index (κ3) is 9.03. The Balaban J connectivity index is 2.68. The summed E-state index contributed by atoms with van der Waals surface area (Å²) in [6.07, 6.45) is 1.34. The average Bonchev–Trinajstić information content (AvgIpc) is 2.68. The van der Waals surface area contributed by atoms with E-state index >= 15 is 0 Å². The zero-order valence-electron chi connectivity index (χ0n) is 17.2. The molecule has 29 heavy (non-hydrogen) atoms. The van der Waals surface area contributed by atoms with E-state index < -0.39 is 23.6 Å². The molecule has 0 aromatic heterocycles. The monoisotopic (exact) mass is 407 g/mol. The first-order valence-electron chi connectivity index (χ1n) is 9.55. The van der Waals surface area contributed by atoms with Crippen LogP contribution in [0.3, 0.4) is 0 Å². The van der Waals surface area contributed by atoms with Gasteiger partial charge in [-0.05, 0) is 45.2 Å². The lowest BCUT2D eigenvalue weighted by atomic mass is 10.00. The highest BCUT2D eigenvalue weighted by molar-refractivity contribution is 5.84. The number of nitrogens with one attached hydrogen (secondary N) is 2. The molecule has 7 nitrogen and oxygen atoms in total. The summed E-state index contributed by atoms with van der Waals surface area (Å²) in [7, 11) is 1.43. The lowest BCUT2D eigenvalue weighted by Gasteiger charge is -2.29. The molecular weight excluding hydrogens is 377 g/mol. The van der Waals surface area contributed by atoms with Crippen molar-refractivity contribution < 1.29 is 23.8 Å². The lowest BCUT2D eigenvalue weighted by molar-refractivity contribution is -0.141. The van der Waals surface area contributed by atoms with E-state index in [9.17, 15) is 14.3 Å². The highest BCUT2D eigenvalue weighted by atomic mass is 19.1. The third-order valence-electron chi connectivity index (χ3n) is 4.59. The first kappa shape index (κ1) is 24.5. The van der Waals surface area contributed by atoms with Crippen molar-refractivity contribution in [1.29, 1.82) is 10.7 Å². The minimum atomic E-state index is -1.06. The van der Waals surface area contributed by atoms with Crippen molar-refractivity contribution in [2.24, 2.45) is 0 Å². The van der Waals surface area contributed by atoms with Crippen LogP contribution in [0, 0.1) is 22.6 Å². The van der Waals surface area contributed by atoms with Gasteiger partial charge in [0.1, 0.15) is 29.9 Å². The van der Waals surface area contributed by atoms with Gasteiger partial charge in [-0.2, -0.15) is 5.26 Å². The van der Waals surface area contributed by atoms with E-state index in [-0.39, 0.29) is 24.7 Å². The fourth-order valence-electron chi connectivity index (χ4n) is 2.54. The molecule has 160 valence electrons. The van der Waals surface area contributed by atoms with Crippen LogP contribution < -0.4 is 10.1 Å². The molecule has 0 saturated heterocycles. The maximum Gasteiger partial charge on any atom is 0.251 e. The Hall–Kier alpha value is -2.50. The Labute approximate surface area is 171 Å². The molecular formula is C21H30FN3O4. The number of methoxy groups -OCH3 is 1. The van der Waals surface area contributed by atoms with E-state index in [2.05, 4.69) is 5.32 Å². The van der Waals surface area contributed by atoms with E-state index in [1.54, 1.807) is 19.9 Å². The maximum absolute atomic E-state index is 13.3. The van der Waals surface area contributed by atoms with Crippen molar-refractivity contribution >= 4 is 11.6 Å². The van der Waals surface area contributed by atoms with Crippen molar-refractivity contribution in [3.63, 3.8) is 0 Å². The van der Waals surface area contributed by atoms with Crippen molar-refractivity contribution in [3.05, 3.63) is 30.1 Å². The second kappa shape index (κ2) is 12.1. The van der Waals surface area contributed by atoms with Crippen molar-refractivity contribution in [1.82, 2.24) is 5.32 Å². The number of rotatable bonds is 13. The van der Waals surface area contributed by atoms with Gasteiger partial charge in [-0.15, -0.1) is 0 Å². The van der Waals surface area contributed by atoms with E-state index in [0.29, 0.717) is 31.4 Å². The fourth-order valence-corrected chi connectivity index (χ4v) is 2.54. The van der Waals surface area contributed by atoms with Crippen LogP contribution in [0.2, 0.25) is 0 Å². The zero-order chi connectivity index (χ0) is 21.9. The molecule has 0 spiro atoms. The molecule has 1 aromatic carbocycles. The van der Waals surface area contributed by atoms with Gasteiger partial charge in [0.25, 0.3) is 5.91 Å². The zero-order valence-corrected chi connectivity index (χ0v) is 17.2. The molecule has 0 bridgehead atoms. The molecule has 1 amide bonds. The number of hydrogen-bond acceptors (Lipinski definition) is 6. The van der Waals surface area contributed by atoms with Gasteiger partial charge in [-0.3, -0.25) is 4.79 Å². The number of aliphatic hydroxyl groups excluding tert-OH is 1. The Morgan fingerprint density at radius 2 is 2.14 bits per heavy atom. The van der Waals surface area contributed by atoms with E-state index in [0.717, 1.165) is 0 Å². The highest BCUT2D eigenvalue weighted by Crippen LogP contribution is 2.16. The molecule has 8 heteroatoms. The summed E-state index contributed by atoms with van der Waals surface area (Å²) in [6, 6.07) is 6.94. The van der Waals surface area contributed by atoms with Gasteiger partial charge in [0, 0.05) is 18.9 Å². The number of unbranched alkanes of at least 4 members (excludes halogenated alkanes) is 1. The number of carbonyl (C=O) groups excluding carboxylic acids is 1. The van der Waals surface area contributed by atoms with Crippen LogP contribution in [0.15, 0.2) is 24.3 Å². The summed E-state index contributed by atoms with van der Waals surface area (Å²) in [5, 5.41) is 29.6. The standard InChI is InChI=1S/C21H30FN3O4/c1-21(2,28-3)20(27)25-18(10-5-4-8-16(24)11-12-23)19(26)14-29-17-9-6-7-15(22)13-17/h6-7,9,13,18-19,24,26H,4-5,8,10-11,14H2,1-3H3,(H,25,27)/t18-,19?/m0/s1. The van der Waals surface area contributed by atoms with Crippen molar-refractivity contribution in [3.8, 4) is 11.8 Å². The Bertz CT molecular complexity index is 718. The summed E-state index contributed by atoms with van der Waals surface area (Å²) in [5.41, 5.74) is -0.695. The third-order valence-corrected chi connectivity index (χ3v) is 4.59. The number of aliphatic hydroxyl groups is 1. The smallest absolute Gasteiger partial charge is 0.251 e. The van der Waals surface area contributed by atoms with Crippen LogP contribution in [0.5, 0.6) is 5.75 Å². The molecule has 1 rings (SSSR count). The molecule has 0 radical (unpaired) electrons. The highest BCUT2D eigenvalue weighted by Gasteiger charge is 2.31. The van der Waals surface area contributed by atoms with Gasteiger partial charge in [0.15, 0.2) is 0 Å². The molecule has 3 N–H and O–H groups in total. The van der Waals surface area contributed by atoms with E-state index in [4.69, 9.17) is 20.1 Å². The van der Waals surface area contributed by atoms with Crippen LogP contribution in [-0.4, -0.2) is 48.2 Å². The molecule has 0 aliphatic rings. The molecule has 0 aliphatic carbocycles. The van der Waals surface area contributed by atoms with E-state index in [1.807, 2.05) is 6.07 Å². The second-order valence-electron chi connectivity index (χ2n) is 7.31. The topological polar surface area (TPSA) is 115 Å². The number of nitriles is 1. The summed E-state index contributed by atoms with van der Waals surface area (Å²) in [4.78, 5) is 12.4. The Kier molecular flexibility index (Phi) is 10.3. The van der Waals surface area contributed by atoms with Gasteiger partial charge in [-0.25, -0.2) is 4.39 Å². The minimum Gasteiger partial charge on any atom is -0.491 e. The first-order chi connectivity index (χ1) is 13.7. The maximum atomic E-state index is 13.3. The number of benzene rings is 1. The van der Waals surface area contributed by atoms with Gasteiger partial charge >= 0.3 is 0 Å². The normalized spacial score (nSPS) is 13.2. The van der Waals surface area contributed by atoms with Crippen LogP contribution in [-0.2, 0) is 9.53 Å². The molecule has 1 unspecified atom stereocenters. The molecule has 0 aliphatic heterocycles. The molecule has 2 atom stereocenters. The SMILES string of the molecule is COC(C)(C)C(=O)N[C@@H](CCCCC(=N)CC#N)C(O)COc1cccc(F)c1. The van der Waals surface area contributed by atoms with Crippen molar-refractivity contribution in [2.45, 2.75) is 63.7 Å². The number of hydrogen-bond donors (Lipinski definition) is 3. The number of nitrogens with zero attached hydrogens (tertiary/aromatic N) is 1. The Morgan fingerprint density at radius 3 is 2.76 bits per heavy atom. The summed E-state index contributed by atoms with van der Waals surface area (Å²) < 4.78 is 23.9. The molecule has 0 heterocycles. The van der Waals surface area contributed by atoms with Gasteiger partial charge in [-0.1, -0.05) is 12.5 Å². The van der Waals surface area contributed by atoms with Gasteiger partial charge in [0.05, 0.1) is 18.5 Å². The molecule has 0 saturated carbocycles. The van der Waals surface area contributed by atoms with E-state index in [1.165, 1.54) is 25.3 Å².